The Morgan fingerprint density at radius 1 is 0.257 bits per heavy atom. The van der Waals surface area contributed by atoms with Gasteiger partial charge >= 0.3 is 33.6 Å². The van der Waals surface area contributed by atoms with Crippen LogP contribution in [-0.4, -0.2) is 95.9 Å². The molecule has 0 fully saturated rings. The lowest BCUT2D eigenvalue weighted by atomic mass is 10.1. The SMILES string of the molecule is CC/C=C\C/C=C\C/C=C\C/C=C\C/C=C\C/C=C\CCCCCCCCCCC(=O)OCC(O)COP(=O)(O)OCC(O)COP(=O)(O)OCC(COC(=O)CCCCCCCCCC/C=C\C/C=C\C/C=C\C/C=C\C/C=C\C/C=C\CC)OC(=O)CCCCCCCC/C=C\C/C=C\C/C=C\C/C=C\CC. The van der Waals surface area contributed by atoms with E-state index in [4.69, 9.17) is 32.3 Å². The van der Waals surface area contributed by atoms with Gasteiger partial charge in [0.15, 0.2) is 6.10 Å². The molecule has 0 aliphatic heterocycles. The largest absolute Gasteiger partial charge is 0.472 e. The summed E-state index contributed by atoms with van der Waals surface area (Å²) < 4.78 is 61.3. The number of carbonyl (C=O) groups is 3. The normalized spacial score (nSPS) is 14.9. The van der Waals surface area contributed by atoms with Crippen LogP contribution in [0.4, 0.5) is 0 Å². The molecule has 0 saturated carbocycles. The zero-order chi connectivity index (χ0) is 79.4. The highest BCUT2D eigenvalue weighted by Crippen LogP contribution is 2.45. The Kier molecular flexibility index (Phi) is 77.7. The first-order chi connectivity index (χ1) is 53.2. The molecule has 0 radical (unpaired) electrons. The van der Waals surface area contributed by atoms with Crippen molar-refractivity contribution in [2.45, 2.75) is 322 Å². The first-order valence-electron chi connectivity index (χ1n) is 41.7. The third kappa shape index (κ3) is 83.2. The molecule has 0 amide bonds. The van der Waals surface area contributed by atoms with Crippen molar-refractivity contribution in [3.05, 3.63) is 194 Å². The number of unbranched alkanes of at least 4 members (excludes halogenated alkanes) is 22. The summed E-state index contributed by atoms with van der Waals surface area (Å²) in [7, 11) is -9.82. The van der Waals surface area contributed by atoms with E-state index in [9.17, 15) is 43.5 Å². The molecular weight excluding hydrogens is 1410 g/mol. The Labute approximate surface area is 661 Å². The van der Waals surface area contributed by atoms with Crippen LogP contribution < -0.4 is 0 Å². The van der Waals surface area contributed by atoms with E-state index in [1.807, 2.05) is 0 Å². The van der Waals surface area contributed by atoms with Gasteiger partial charge in [0.1, 0.15) is 25.4 Å². The quantitative estimate of drug-likeness (QED) is 0.0146. The topological polar surface area (TPSA) is 231 Å². The Bertz CT molecular complexity index is 2760. The van der Waals surface area contributed by atoms with E-state index in [0.717, 1.165) is 218 Å². The van der Waals surface area contributed by atoms with Crippen LogP contribution in [0.15, 0.2) is 194 Å². The van der Waals surface area contributed by atoms with Crippen LogP contribution in [0.1, 0.15) is 303 Å². The number of phosphoric acid groups is 2. The lowest BCUT2D eigenvalue weighted by Crippen LogP contribution is -2.30. The van der Waals surface area contributed by atoms with E-state index < -0.39 is 91.5 Å². The molecule has 0 rings (SSSR count). The number of allylic oxidation sites excluding steroid dienone is 32. The van der Waals surface area contributed by atoms with Crippen molar-refractivity contribution in [2.24, 2.45) is 0 Å². The summed E-state index contributed by atoms with van der Waals surface area (Å²) in [5.41, 5.74) is 0. The molecule has 109 heavy (non-hydrogen) atoms. The summed E-state index contributed by atoms with van der Waals surface area (Å²) in [5.74, 6) is -1.62. The zero-order valence-corrected chi connectivity index (χ0v) is 69.4. The lowest BCUT2D eigenvalue weighted by Gasteiger charge is -2.21. The Balaban J connectivity index is 4.69. The monoisotopic (exact) mass is 1560 g/mol. The molecule has 5 atom stereocenters. The molecule has 16 nitrogen and oxygen atoms in total. The third-order valence-electron chi connectivity index (χ3n) is 16.8. The first kappa shape index (κ1) is 103. The van der Waals surface area contributed by atoms with Crippen molar-refractivity contribution < 1.29 is 75.8 Å². The van der Waals surface area contributed by atoms with Crippen LogP contribution in [0.3, 0.4) is 0 Å². The highest BCUT2D eigenvalue weighted by Gasteiger charge is 2.29. The third-order valence-corrected chi connectivity index (χ3v) is 18.7. The Hall–Kier alpha value is -5.61. The van der Waals surface area contributed by atoms with Gasteiger partial charge in [-0.2, -0.15) is 0 Å². The molecule has 0 spiro atoms. The molecule has 0 aromatic rings. The fourth-order valence-electron chi connectivity index (χ4n) is 10.6. The van der Waals surface area contributed by atoms with Gasteiger partial charge in [-0.15, -0.1) is 0 Å². The molecule has 0 aliphatic rings. The van der Waals surface area contributed by atoms with Crippen molar-refractivity contribution in [3.8, 4) is 0 Å². The number of aliphatic hydroxyl groups is 2. The smallest absolute Gasteiger partial charge is 0.463 e. The average molecular weight is 1560 g/mol. The van der Waals surface area contributed by atoms with Gasteiger partial charge in [-0.05, 0) is 161 Å². The molecule has 0 aromatic carbocycles. The molecular formula is C91H148O16P2. The van der Waals surface area contributed by atoms with Gasteiger partial charge in [0.05, 0.1) is 26.4 Å². The van der Waals surface area contributed by atoms with Crippen molar-refractivity contribution >= 4 is 33.6 Å². The van der Waals surface area contributed by atoms with Gasteiger partial charge in [0.2, 0.25) is 0 Å². The van der Waals surface area contributed by atoms with E-state index in [1.165, 1.54) is 25.7 Å². The predicted molar refractivity (Wildman–Crippen MR) is 454 cm³/mol. The van der Waals surface area contributed by atoms with E-state index in [2.05, 4.69) is 215 Å². The Morgan fingerprint density at radius 2 is 0.459 bits per heavy atom. The van der Waals surface area contributed by atoms with E-state index in [1.54, 1.807) is 0 Å². The summed E-state index contributed by atoms with van der Waals surface area (Å²) in [6, 6.07) is 0. The van der Waals surface area contributed by atoms with E-state index in [-0.39, 0.29) is 19.3 Å². The zero-order valence-electron chi connectivity index (χ0n) is 67.6. The number of hydrogen-bond donors (Lipinski definition) is 4. The first-order valence-corrected chi connectivity index (χ1v) is 44.7. The number of carbonyl (C=O) groups excluding carboxylic acids is 3. The molecule has 618 valence electrons. The summed E-state index contributed by atoms with van der Waals surface area (Å²) in [4.78, 5) is 58.8. The van der Waals surface area contributed by atoms with Gasteiger partial charge in [-0.3, -0.25) is 32.5 Å². The van der Waals surface area contributed by atoms with Crippen LogP contribution in [0.2, 0.25) is 0 Å². The molecule has 0 saturated heterocycles. The van der Waals surface area contributed by atoms with Crippen LogP contribution in [0.25, 0.3) is 0 Å². The van der Waals surface area contributed by atoms with Crippen molar-refractivity contribution in [2.75, 3.05) is 39.6 Å². The molecule has 4 N–H and O–H groups in total. The second-order valence-corrected chi connectivity index (χ2v) is 30.0. The molecule has 18 heteroatoms. The standard InChI is InChI=1S/C91H148O16P2/c1-4-7-10-13-16-19-22-25-28-31-34-36-38-40-42-44-46-48-51-53-56-59-62-65-68-71-74-77-89(94)101-80-86(92)81-103-108(97,98)104-82-87(93)83-105-109(99,100)106-85-88(107-91(96)79-76-73-70-67-64-61-58-55-50-33-30-27-24-21-18-15-12-9-6-3)84-102-90(95)78-75-72-69-66-63-60-57-54-52-49-47-45-43-41-39-37-35-32-29-26-23-20-17-14-11-8-5-2/h7-12,16-21,25-30,34-37,40-43,46-50,55,86-88,92-93H,4-6,13-15,22-24,31-33,38-39,44-45,51-54,56-85H2,1-3H3,(H,97,98)(H,99,100)/b10-7-,11-8-,12-9-,19-16-,20-17-,21-18-,28-25-,29-26-,30-27-,36-34-,37-35-,42-40-,43-41-,48-46-,49-47-,55-50-. The van der Waals surface area contributed by atoms with Gasteiger partial charge in [-0.1, -0.05) is 318 Å². The molecule has 5 unspecified atom stereocenters. The fourth-order valence-corrected chi connectivity index (χ4v) is 12.2. The van der Waals surface area contributed by atoms with Crippen molar-refractivity contribution in [1.82, 2.24) is 0 Å². The van der Waals surface area contributed by atoms with Crippen LogP contribution in [0, 0.1) is 0 Å². The maximum absolute atomic E-state index is 13.0. The molecule has 0 aliphatic carbocycles. The highest BCUT2D eigenvalue weighted by atomic mass is 31.2. The molecule has 0 heterocycles. The second kappa shape index (κ2) is 81.9. The van der Waals surface area contributed by atoms with Gasteiger partial charge in [0.25, 0.3) is 0 Å². The molecule has 0 bridgehead atoms. The van der Waals surface area contributed by atoms with E-state index >= 15 is 0 Å². The van der Waals surface area contributed by atoms with Crippen molar-refractivity contribution in [3.63, 3.8) is 0 Å². The van der Waals surface area contributed by atoms with Crippen LogP contribution >= 0.6 is 15.6 Å². The predicted octanol–water partition coefficient (Wildman–Crippen LogP) is 25.1. The second-order valence-electron chi connectivity index (χ2n) is 27.1. The number of aliphatic hydroxyl groups excluding tert-OH is 2. The number of phosphoric ester groups is 2. The highest BCUT2D eigenvalue weighted by molar-refractivity contribution is 7.47. The maximum atomic E-state index is 13.0. The summed E-state index contributed by atoms with van der Waals surface area (Å²) in [6.07, 6.45) is 107. The molecule has 0 aromatic heterocycles. The fraction of sp³-hybridized carbons (Fsp3) is 0.615. The lowest BCUT2D eigenvalue weighted by molar-refractivity contribution is -0.161. The minimum Gasteiger partial charge on any atom is -0.463 e. The minimum atomic E-state index is -4.95. The number of hydrogen-bond acceptors (Lipinski definition) is 14. The summed E-state index contributed by atoms with van der Waals surface area (Å²) >= 11 is 0. The van der Waals surface area contributed by atoms with Gasteiger partial charge in [0, 0.05) is 19.3 Å². The van der Waals surface area contributed by atoms with Crippen LogP contribution in [-0.2, 0) is 55.8 Å². The van der Waals surface area contributed by atoms with Gasteiger partial charge in [-0.25, -0.2) is 9.13 Å². The summed E-state index contributed by atoms with van der Waals surface area (Å²) in [6.45, 7) is 2.30. The number of ether oxygens (including phenoxy) is 3. The summed E-state index contributed by atoms with van der Waals surface area (Å²) in [5, 5.41) is 20.7. The minimum absolute atomic E-state index is 0.0789. The number of esters is 3. The average Bonchev–Trinajstić information content (AvgIpc) is 0.947. The Morgan fingerprint density at radius 3 is 0.725 bits per heavy atom. The maximum Gasteiger partial charge on any atom is 0.472 e. The van der Waals surface area contributed by atoms with E-state index in [0.29, 0.717) is 19.3 Å². The number of rotatable bonds is 77. The van der Waals surface area contributed by atoms with Gasteiger partial charge < -0.3 is 34.2 Å². The van der Waals surface area contributed by atoms with Crippen LogP contribution in [0.5, 0.6) is 0 Å². The van der Waals surface area contributed by atoms with Crippen molar-refractivity contribution in [1.29, 1.82) is 0 Å².